The van der Waals surface area contributed by atoms with Crippen LogP contribution in [0.3, 0.4) is 0 Å². The smallest absolute Gasteiger partial charge is 0.336 e. The van der Waals surface area contributed by atoms with Crippen LogP contribution in [-0.4, -0.2) is 20.0 Å². The highest BCUT2D eigenvalue weighted by Gasteiger charge is 2.25. The van der Waals surface area contributed by atoms with Crippen LogP contribution in [0, 0.1) is 0 Å². The highest BCUT2D eigenvalue weighted by atomic mass is 16.5. The molecule has 1 aromatic heterocycles. The van der Waals surface area contributed by atoms with Gasteiger partial charge in [0.1, 0.15) is 22.6 Å². The number of ketones is 1. The third-order valence-corrected chi connectivity index (χ3v) is 3.99. The molecule has 0 saturated heterocycles. The van der Waals surface area contributed by atoms with Crippen molar-refractivity contribution in [1.29, 1.82) is 0 Å². The Hall–Kier alpha value is -2.56. The van der Waals surface area contributed by atoms with Crippen molar-refractivity contribution >= 4 is 16.8 Å². The van der Waals surface area contributed by atoms with Gasteiger partial charge in [-0.3, -0.25) is 4.79 Å². The maximum absolute atomic E-state index is 12.8. The van der Waals surface area contributed by atoms with E-state index in [2.05, 4.69) is 0 Å². The average Bonchev–Trinajstić information content (AvgIpc) is 2.58. The molecule has 24 heavy (non-hydrogen) atoms. The maximum atomic E-state index is 12.8. The second-order valence-corrected chi connectivity index (χ2v) is 5.50. The molecular weight excluding hydrogens is 308 g/mol. The monoisotopic (exact) mass is 330 g/mol. The predicted octanol–water partition coefficient (Wildman–Crippen LogP) is 3.91. The lowest BCUT2D eigenvalue weighted by atomic mass is 9.96. The molecule has 5 nitrogen and oxygen atoms in total. The van der Waals surface area contributed by atoms with Crippen molar-refractivity contribution in [3.8, 4) is 11.5 Å². The molecule has 2 aromatic rings. The number of hydrogen-bond acceptors (Lipinski definition) is 5. The lowest BCUT2D eigenvalue weighted by molar-refractivity contribution is 0.102. The molecule has 0 N–H and O–H groups in total. The number of allylic oxidation sites excluding steroid dienone is 2. The van der Waals surface area contributed by atoms with Gasteiger partial charge in [0, 0.05) is 12.1 Å². The third kappa shape index (κ3) is 3.07. The lowest BCUT2D eigenvalue weighted by Gasteiger charge is -2.16. The second kappa shape index (κ2) is 7.34. The zero-order valence-electron chi connectivity index (χ0n) is 14.7. The van der Waals surface area contributed by atoms with E-state index in [1.165, 1.54) is 20.3 Å². The molecule has 1 heterocycles. The van der Waals surface area contributed by atoms with Crippen LogP contribution >= 0.6 is 0 Å². The fraction of sp³-hybridized carbons (Fsp3) is 0.368. The quantitative estimate of drug-likeness (QED) is 0.456. The van der Waals surface area contributed by atoms with E-state index < -0.39 is 5.63 Å². The highest BCUT2D eigenvalue weighted by molar-refractivity contribution is 6.15. The van der Waals surface area contributed by atoms with Crippen LogP contribution in [0.5, 0.6) is 11.5 Å². The topological polar surface area (TPSA) is 65.7 Å². The zero-order chi connectivity index (χ0) is 17.9. The minimum absolute atomic E-state index is 0.179. The number of hydrogen-bond donors (Lipinski definition) is 0. The number of fused-ring (bicyclic) bond motifs is 1. The molecule has 0 saturated carbocycles. The van der Waals surface area contributed by atoms with Gasteiger partial charge in [-0.15, -0.1) is 0 Å². The van der Waals surface area contributed by atoms with Crippen LogP contribution in [0.15, 0.2) is 33.0 Å². The number of ether oxygens (including phenoxy) is 2. The van der Waals surface area contributed by atoms with E-state index in [1.807, 2.05) is 6.92 Å². The molecular formula is C19H22O5. The summed E-state index contributed by atoms with van der Waals surface area (Å²) in [6, 6.07) is 3.03. The summed E-state index contributed by atoms with van der Waals surface area (Å²) in [6.07, 6.45) is 3.27. The average molecular weight is 330 g/mol. The first-order valence-electron chi connectivity index (χ1n) is 7.87. The SMILES string of the molecule is C/C=C(/C)C(=O)c1c(OC)cc2oc(=O)cc(CCC)c2c1OC. The summed E-state index contributed by atoms with van der Waals surface area (Å²) in [7, 11) is 2.97. The molecule has 0 unspecified atom stereocenters. The molecule has 128 valence electrons. The van der Waals surface area contributed by atoms with Crippen molar-refractivity contribution in [2.45, 2.75) is 33.6 Å². The van der Waals surface area contributed by atoms with E-state index in [0.717, 1.165) is 12.0 Å². The molecule has 0 aliphatic carbocycles. The number of methoxy groups -OCH3 is 2. The second-order valence-electron chi connectivity index (χ2n) is 5.50. The van der Waals surface area contributed by atoms with Gasteiger partial charge >= 0.3 is 5.63 Å². The Kier molecular flexibility index (Phi) is 5.44. The lowest BCUT2D eigenvalue weighted by Crippen LogP contribution is -2.09. The molecule has 0 spiro atoms. The number of benzene rings is 1. The number of aryl methyl sites for hydroxylation is 1. The summed E-state index contributed by atoms with van der Waals surface area (Å²) < 4.78 is 16.2. The van der Waals surface area contributed by atoms with Crippen LogP contribution in [0.25, 0.3) is 11.0 Å². The van der Waals surface area contributed by atoms with Gasteiger partial charge in [-0.2, -0.15) is 0 Å². The van der Waals surface area contributed by atoms with E-state index in [1.54, 1.807) is 26.0 Å². The zero-order valence-corrected chi connectivity index (χ0v) is 14.7. The van der Waals surface area contributed by atoms with Crippen molar-refractivity contribution in [3.05, 3.63) is 45.3 Å². The molecule has 0 fully saturated rings. The van der Waals surface area contributed by atoms with Gasteiger partial charge in [-0.1, -0.05) is 19.4 Å². The molecule has 0 bridgehead atoms. The number of carbonyl (C=O) groups excluding carboxylic acids is 1. The summed E-state index contributed by atoms with van der Waals surface area (Å²) in [5.41, 5.74) is 1.65. The van der Waals surface area contributed by atoms with Crippen LogP contribution in [0.2, 0.25) is 0 Å². The Bertz CT molecular complexity index is 858. The Morgan fingerprint density at radius 1 is 1.25 bits per heavy atom. The minimum atomic E-state index is -0.432. The fourth-order valence-electron chi connectivity index (χ4n) is 2.72. The van der Waals surface area contributed by atoms with E-state index in [-0.39, 0.29) is 5.78 Å². The van der Waals surface area contributed by atoms with Crippen molar-refractivity contribution in [2.24, 2.45) is 0 Å². The Morgan fingerprint density at radius 3 is 2.50 bits per heavy atom. The van der Waals surface area contributed by atoms with Crippen LogP contribution < -0.4 is 15.1 Å². The van der Waals surface area contributed by atoms with Gasteiger partial charge in [0.05, 0.1) is 19.6 Å². The molecule has 0 atom stereocenters. The van der Waals surface area contributed by atoms with Gasteiger partial charge in [-0.25, -0.2) is 4.79 Å². The van der Waals surface area contributed by atoms with Crippen LogP contribution in [0.1, 0.15) is 43.1 Å². The molecule has 0 aliphatic heterocycles. The number of Topliss-reactive ketones (excluding diaryl/α,β-unsaturated/α-hetero) is 1. The van der Waals surface area contributed by atoms with Gasteiger partial charge < -0.3 is 13.9 Å². The van der Waals surface area contributed by atoms with E-state index >= 15 is 0 Å². The molecule has 0 aliphatic rings. The maximum Gasteiger partial charge on any atom is 0.336 e. The van der Waals surface area contributed by atoms with Gasteiger partial charge in [0.2, 0.25) is 0 Å². The van der Waals surface area contributed by atoms with Crippen molar-refractivity contribution in [1.82, 2.24) is 0 Å². The van der Waals surface area contributed by atoms with E-state index in [4.69, 9.17) is 13.9 Å². The first kappa shape index (κ1) is 17.8. The summed E-state index contributed by atoms with van der Waals surface area (Å²) in [4.78, 5) is 24.6. The Balaban J connectivity index is 2.96. The summed E-state index contributed by atoms with van der Waals surface area (Å²) in [5.74, 6) is 0.520. The Labute approximate surface area is 140 Å². The number of rotatable bonds is 6. The number of carbonyl (C=O) groups is 1. The first-order valence-corrected chi connectivity index (χ1v) is 7.87. The fourth-order valence-corrected chi connectivity index (χ4v) is 2.72. The third-order valence-electron chi connectivity index (χ3n) is 3.99. The summed E-state index contributed by atoms with van der Waals surface area (Å²) in [5, 5.41) is 0.645. The normalized spacial score (nSPS) is 11.6. The summed E-state index contributed by atoms with van der Waals surface area (Å²) >= 11 is 0. The predicted molar refractivity (Wildman–Crippen MR) is 93.3 cm³/mol. The van der Waals surface area contributed by atoms with E-state index in [9.17, 15) is 9.59 Å². The molecule has 2 rings (SSSR count). The standard InChI is InChI=1S/C19H22O5/c1-6-8-12-9-15(20)24-14-10-13(22-4)17(18(21)11(3)7-2)19(23-5)16(12)14/h7,9-10H,6,8H2,1-5H3/b11-7-. The minimum Gasteiger partial charge on any atom is -0.496 e. The van der Waals surface area contributed by atoms with Gasteiger partial charge in [0.25, 0.3) is 0 Å². The molecule has 5 heteroatoms. The van der Waals surface area contributed by atoms with E-state index in [0.29, 0.717) is 40.0 Å². The largest absolute Gasteiger partial charge is 0.496 e. The van der Waals surface area contributed by atoms with Crippen molar-refractivity contribution in [3.63, 3.8) is 0 Å². The molecule has 1 aromatic carbocycles. The van der Waals surface area contributed by atoms with Gasteiger partial charge in [-0.05, 0) is 31.4 Å². The van der Waals surface area contributed by atoms with Crippen LogP contribution in [-0.2, 0) is 6.42 Å². The molecule has 0 amide bonds. The first-order chi connectivity index (χ1) is 11.5. The highest BCUT2D eigenvalue weighted by Crippen LogP contribution is 2.39. The van der Waals surface area contributed by atoms with Gasteiger partial charge in [0.15, 0.2) is 5.78 Å². The Morgan fingerprint density at radius 2 is 1.96 bits per heavy atom. The summed E-state index contributed by atoms with van der Waals surface area (Å²) in [6.45, 7) is 5.56. The van der Waals surface area contributed by atoms with Crippen molar-refractivity contribution in [2.75, 3.05) is 14.2 Å². The van der Waals surface area contributed by atoms with Crippen LogP contribution in [0.4, 0.5) is 0 Å². The molecule has 0 radical (unpaired) electrons. The van der Waals surface area contributed by atoms with Crippen molar-refractivity contribution < 1.29 is 18.7 Å².